The number of methoxy groups -OCH3 is 1. The first-order chi connectivity index (χ1) is 32.6. The van der Waals surface area contributed by atoms with E-state index in [1.165, 1.54) is 12.1 Å². The molecule has 0 unspecified atom stereocenters. The minimum Gasteiger partial charge on any atom is -0.496 e. The lowest BCUT2D eigenvalue weighted by Gasteiger charge is -2.22. The highest BCUT2D eigenvalue weighted by Crippen LogP contribution is 2.42. The molecular weight excluding hydrogens is 707 g/mol. The fraction of sp³-hybridized carbons (Fsp3) is 0.222. The second-order valence-corrected chi connectivity index (χ2v) is 16.0. The number of hydrogen-bond donors (Lipinski definition) is 0. The van der Waals surface area contributed by atoms with Crippen molar-refractivity contribution in [3.05, 3.63) is 167 Å². The molecule has 58 heavy (non-hydrogen) atoms. The van der Waals surface area contributed by atoms with E-state index in [0.29, 0.717) is 39.6 Å². The van der Waals surface area contributed by atoms with Gasteiger partial charge in [0.25, 0.3) is 0 Å². The molecule has 0 saturated heterocycles. The lowest BCUT2D eigenvalue weighted by atomic mass is 9.83. The van der Waals surface area contributed by atoms with E-state index in [2.05, 4.69) is 39.0 Å². The van der Waals surface area contributed by atoms with E-state index in [9.17, 15) is 0 Å². The zero-order chi connectivity index (χ0) is 50.9. The molecule has 0 spiro atoms. The number of para-hydroxylation sites is 1. The molecule has 0 bridgehead atoms. The SMILES string of the molecule is [2H]C([2H])([2H])c1cc(-c2ccccc2)cc(-n2c(-c3cc(C)cc(C)c3OC)nc3c(-c4cc(-c5cc(-c6ccc(C(C([2H])([2H])[2H])(C([2H])([2H])[2H])C([2H])([2H])[2H])cc6)ccn5)cc(C(C)(C)C)c4)cccc32)c1. The summed E-state index contributed by atoms with van der Waals surface area (Å²) in [5, 5.41) is 0. The molecule has 0 saturated carbocycles. The molecule has 0 radical (unpaired) electrons. The number of fused-ring (bicyclic) bond motifs is 1. The quantitative estimate of drug-likeness (QED) is 0.162. The van der Waals surface area contributed by atoms with Gasteiger partial charge in [0.2, 0.25) is 0 Å². The topological polar surface area (TPSA) is 39.9 Å². The summed E-state index contributed by atoms with van der Waals surface area (Å²) >= 11 is 0. The fourth-order valence-electron chi connectivity index (χ4n) is 7.75. The predicted octanol–water partition coefficient (Wildman–Crippen LogP) is 14.3. The van der Waals surface area contributed by atoms with Crippen molar-refractivity contribution in [1.29, 1.82) is 0 Å². The van der Waals surface area contributed by atoms with Gasteiger partial charge in [-0.15, -0.1) is 0 Å². The van der Waals surface area contributed by atoms with Crippen LogP contribution in [0.2, 0.25) is 0 Å². The van der Waals surface area contributed by atoms with Gasteiger partial charge in [0.05, 0.1) is 29.4 Å². The van der Waals surface area contributed by atoms with E-state index in [1.807, 2.05) is 91.2 Å². The Morgan fingerprint density at radius 2 is 1.34 bits per heavy atom. The van der Waals surface area contributed by atoms with Crippen molar-refractivity contribution in [3.63, 3.8) is 0 Å². The number of imidazole rings is 1. The molecular formula is C54H53N3O. The normalized spacial score (nSPS) is 15.9. The average Bonchev–Trinajstić information content (AvgIpc) is 3.67. The molecule has 2 heterocycles. The lowest BCUT2D eigenvalue weighted by Crippen LogP contribution is -2.11. The minimum atomic E-state index is -3.38. The van der Waals surface area contributed by atoms with E-state index in [1.54, 1.807) is 43.6 Å². The van der Waals surface area contributed by atoms with Gasteiger partial charge in [-0.25, -0.2) is 4.98 Å². The number of aryl methyl sites for hydroxylation is 3. The van der Waals surface area contributed by atoms with Crippen LogP contribution >= 0.6 is 0 Å². The van der Waals surface area contributed by atoms with Crippen LogP contribution in [0.25, 0.3) is 72.7 Å². The van der Waals surface area contributed by atoms with Crippen LogP contribution in [0.3, 0.4) is 0 Å². The van der Waals surface area contributed by atoms with Crippen LogP contribution in [-0.4, -0.2) is 21.6 Å². The lowest BCUT2D eigenvalue weighted by molar-refractivity contribution is 0.413. The fourth-order valence-corrected chi connectivity index (χ4v) is 7.75. The maximum absolute atomic E-state index is 8.54. The molecule has 4 nitrogen and oxygen atoms in total. The molecule has 4 heteroatoms. The zero-order valence-corrected chi connectivity index (χ0v) is 33.5. The number of hydrogen-bond acceptors (Lipinski definition) is 3. The Bertz CT molecular complexity index is 3210. The molecule has 0 atom stereocenters. The summed E-state index contributed by atoms with van der Waals surface area (Å²) in [5.41, 5.74) is 8.05. The van der Waals surface area contributed by atoms with E-state index < -0.39 is 32.8 Å². The number of benzene rings is 6. The third-order valence-corrected chi connectivity index (χ3v) is 10.6. The van der Waals surface area contributed by atoms with Gasteiger partial charge in [-0.2, -0.15) is 0 Å². The molecule has 0 amide bonds. The second-order valence-electron chi connectivity index (χ2n) is 16.0. The minimum absolute atomic E-state index is 0.184. The Morgan fingerprint density at radius 1 is 0.586 bits per heavy atom. The molecule has 2 aromatic heterocycles. The van der Waals surface area contributed by atoms with Crippen LogP contribution in [0.1, 0.15) is 85.6 Å². The van der Waals surface area contributed by atoms with E-state index >= 15 is 0 Å². The van der Waals surface area contributed by atoms with Gasteiger partial charge in [-0.1, -0.05) is 126 Å². The third kappa shape index (κ3) is 7.47. The summed E-state index contributed by atoms with van der Waals surface area (Å²) in [5.74, 6) is 1.21. The maximum Gasteiger partial charge on any atom is 0.149 e. The first kappa shape index (κ1) is 26.6. The van der Waals surface area contributed by atoms with E-state index in [0.717, 1.165) is 55.6 Å². The van der Waals surface area contributed by atoms with E-state index in [4.69, 9.17) is 31.2 Å². The standard InChI is InChI=1S/C54H53N3O/c1-34-25-36(3)51(58-10)47(28-34)52-56-50-46(17-14-18-49(50)57(52)45-27-35(2)26-40(32-45)37-15-12-11-13-16-37)41-29-42(31-44(30-41)54(7,8)9)48-33-39(23-24-55-48)38-19-21-43(22-20-38)53(4,5)6/h11-33H,1-10H3/i2D3,4D3,5D3,6D3. The van der Waals surface area contributed by atoms with Gasteiger partial charge >= 0.3 is 0 Å². The molecule has 0 fully saturated rings. The summed E-state index contributed by atoms with van der Waals surface area (Å²) < 4.78 is 107. The Balaban J connectivity index is 1.33. The Morgan fingerprint density at radius 3 is 2.07 bits per heavy atom. The Hall–Kier alpha value is -6.26. The predicted molar refractivity (Wildman–Crippen MR) is 244 cm³/mol. The summed E-state index contributed by atoms with van der Waals surface area (Å²) in [6.45, 7) is -2.17. The van der Waals surface area contributed by atoms with Crippen LogP contribution in [0.4, 0.5) is 0 Å². The molecule has 0 N–H and O–H groups in total. The van der Waals surface area contributed by atoms with Gasteiger partial charge in [-0.3, -0.25) is 9.55 Å². The maximum atomic E-state index is 8.54. The molecule has 0 aliphatic carbocycles. The van der Waals surface area contributed by atoms with Gasteiger partial charge in [0, 0.05) is 39.5 Å². The molecule has 8 aromatic rings. The first-order valence-corrected chi connectivity index (χ1v) is 19.3. The molecule has 0 aliphatic heterocycles. The van der Waals surface area contributed by atoms with Crippen molar-refractivity contribution in [2.75, 3.05) is 7.11 Å². The second kappa shape index (κ2) is 14.9. The summed E-state index contributed by atoms with van der Waals surface area (Å²) in [7, 11) is 1.63. The summed E-state index contributed by atoms with van der Waals surface area (Å²) in [6, 6.07) is 40.7. The van der Waals surface area contributed by atoms with Crippen LogP contribution in [0.5, 0.6) is 5.75 Å². The Kier molecular flexibility index (Phi) is 6.85. The Labute approximate surface area is 361 Å². The highest BCUT2D eigenvalue weighted by molar-refractivity contribution is 5.97. The van der Waals surface area contributed by atoms with Crippen molar-refractivity contribution in [2.24, 2.45) is 0 Å². The van der Waals surface area contributed by atoms with Crippen LogP contribution in [0, 0.1) is 20.7 Å². The number of ether oxygens (including phenoxy) is 1. The van der Waals surface area contributed by atoms with Gasteiger partial charge in [0.15, 0.2) is 0 Å². The van der Waals surface area contributed by atoms with E-state index in [-0.39, 0.29) is 16.5 Å². The number of rotatable bonds is 7. The molecule has 6 aromatic carbocycles. The van der Waals surface area contributed by atoms with Crippen LogP contribution in [-0.2, 0) is 10.8 Å². The largest absolute Gasteiger partial charge is 0.496 e. The van der Waals surface area contributed by atoms with Crippen LogP contribution in [0.15, 0.2) is 140 Å². The number of pyridine rings is 1. The highest BCUT2D eigenvalue weighted by atomic mass is 16.5. The number of nitrogens with zero attached hydrogens (tertiary/aromatic N) is 3. The van der Waals surface area contributed by atoms with Crippen molar-refractivity contribution in [3.8, 4) is 67.5 Å². The van der Waals surface area contributed by atoms with Crippen LogP contribution < -0.4 is 4.74 Å². The van der Waals surface area contributed by atoms with Crippen molar-refractivity contribution in [2.45, 2.75) is 72.9 Å². The summed E-state index contributed by atoms with van der Waals surface area (Å²) in [4.78, 5) is 10.3. The summed E-state index contributed by atoms with van der Waals surface area (Å²) in [6.07, 6.45) is 1.66. The number of aromatic nitrogens is 3. The van der Waals surface area contributed by atoms with Crippen molar-refractivity contribution < 1.29 is 21.2 Å². The monoisotopic (exact) mass is 771 g/mol. The average molecular weight is 772 g/mol. The molecule has 0 aliphatic rings. The van der Waals surface area contributed by atoms with Gasteiger partial charge in [-0.05, 0) is 136 Å². The third-order valence-electron chi connectivity index (χ3n) is 10.6. The zero-order valence-electron chi connectivity index (χ0n) is 45.5. The highest BCUT2D eigenvalue weighted by Gasteiger charge is 2.24. The molecule has 290 valence electrons. The smallest absolute Gasteiger partial charge is 0.149 e. The molecule has 8 rings (SSSR count). The van der Waals surface area contributed by atoms with Gasteiger partial charge < -0.3 is 4.74 Å². The van der Waals surface area contributed by atoms with Crippen molar-refractivity contribution in [1.82, 2.24) is 14.5 Å². The first-order valence-electron chi connectivity index (χ1n) is 25.3. The van der Waals surface area contributed by atoms with Crippen molar-refractivity contribution >= 4 is 11.0 Å². The van der Waals surface area contributed by atoms with Gasteiger partial charge in [0.1, 0.15) is 11.6 Å².